The van der Waals surface area contributed by atoms with Crippen molar-refractivity contribution < 1.29 is 0 Å². The van der Waals surface area contributed by atoms with Gasteiger partial charge in [-0.15, -0.1) is 11.3 Å². The lowest BCUT2D eigenvalue weighted by Gasteiger charge is -2.22. The molecule has 0 unspecified atom stereocenters. The summed E-state index contributed by atoms with van der Waals surface area (Å²) in [5.74, 6) is 0.767. The third-order valence-electron chi connectivity index (χ3n) is 3.60. The van der Waals surface area contributed by atoms with Crippen molar-refractivity contribution in [2.45, 2.75) is 59.5 Å². The number of aromatic nitrogens is 1. The Morgan fingerprint density at radius 1 is 1.42 bits per heavy atom. The van der Waals surface area contributed by atoms with Gasteiger partial charge in [0.1, 0.15) is 0 Å². The van der Waals surface area contributed by atoms with Crippen LogP contribution >= 0.6 is 11.3 Å². The maximum Gasteiger partial charge on any atom is 0.186 e. The van der Waals surface area contributed by atoms with Crippen molar-refractivity contribution in [3.63, 3.8) is 0 Å². The molecule has 19 heavy (non-hydrogen) atoms. The molecule has 2 rings (SSSR count). The Kier molecular flexibility index (Phi) is 5.22. The molecule has 1 N–H and O–H groups in total. The van der Waals surface area contributed by atoms with E-state index < -0.39 is 0 Å². The summed E-state index contributed by atoms with van der Waals surface area (Å²) in [6, 6.07) is 0.760. The molecular formula is C15H27N3S. The Bertz CT molecular complexity index is 396. The van der Waals surface area contributed by atoms with Crippen LogP contribution in [-0.2, 0) is 6.54 Å². The molecule has 0 aromatic carbocycles. The molecule has 1 aromatic rings. The van der Waals surface area contributed by atoms with Crippen molar-refractivity contribution >= 4 is 16.5 Å². The lowest BCUT2D eigenvalue weighted by Crippen LogP contribution is -2.27. The fourth-order valence-electron chi connectivity index (χ4n) is 2.16. The van der Waals surface area contributed by atoms with Crippen molar-refractivity contribution in [3.05, 3.63) is 10.6 Å². The predicted octanol–water partition coefficient (Wildman–Crippen LogP) is 3.58. The average molecular weight is 281 g/mol. The Hall–Kier alpha value is -0.610. The van der Waals surface area contributed by atoms with Gasteiger partial charge in [-0.05, 0) is 38.6 Å². The van der Waals surface area contributed by atoms with Crippen LogP contribution in [0.25, 0.3) is 0 Å². The van der Waals surface area contributed by atoms with Gasteiger partial charge in [0, 0.05) is 24.0 Å². The van der Waals surface area contributed by atoms with E-state index in [-0.39, 0.29) is 0 Å². The number of thiazole rings is 1. The molecule has 1 aliphatic rings. The van der Waals surface area contributed by atoms with Crippen molar-refractivity contribution in [2.24, 2.45) is 5.92 Å². The second-order valence-corrected chi connectivity index (χ2v) is 6.95. The van der Waals surface area contributed by atoms with Gasteiger partial charge in [-0.25, -0.2) is 4.98 Å². The highest BCUT2D eigenvalue weighted by atomic mass is 32.1. The minimum atomic E-state index is 0.760. The van der Waals surface area contributed by atoms with Gasteiger partial charge >= 0.3 is 0 Å². The van der Waals surface area contributed by atoms with E-state index in [1.54, 1.807) is 0 Å². The minimum Gasteiger partial charge on any atom is -0.345 e. The molecule has 1 heterocycles. The van der Waals surface area contributed by atoms with Gasteiger partial charge in [0.25, 0.3) is 0 Å². The zero-order valence-electron chi connectivity index (χ0n) is 12.7. The van der Waals surface area contributed by atoms with Crippen LogP contribution in [0.4, 0.5) is 5.13 Å². The molecule has 0 radical (unpaired) electrons. The summed E-state index contributed by atoms with van der Waals surface area (Å²) in [4.78, 5) is 8.75. The highest BCUT2D eigenvalue weighted by Crippen LogP contribution is 2.35. The van der Waals surface area contributed by atoms with Crippen LogP contribution in [0.15, 0.2) is 0 Å². The van der Waals surface area contributed by atoms with Gasteiger partial charge in [-0.1, -0.05) is 20.8 Å². The van der Waals surface area contributed by atoms with Crippen LogP contribution in [0.5, 0.6) is 0 Å². The van der Waals surface area contributed by atoms with E-state index >= 15 is 0 Å². The number of hydrogen-bond acceptors (Lipinski definition) is 4. The third-order valence-corrected chi connectivity index (χ3v) is 4.79. The van der Waals surface area contributed by atoms with Gasteiger partial charge in [0.05, 0.1) is 5.69 Å². The fourth-order valence-corrected chi connectivity index (χ4v) is 3.28. The van der Waals surface area contributed by atoms with E-state index in [0.717, 1.165) is 31.6 Å². The Morgan fingerprint density at radius 2 is 2.16 bits per heavy atom. The zero-order chi connectivity index (χ0) is 13.8. The molecule has 0 atom stereocenters. The lowest BCUT2D eigenvalue weighted by atomic mass is 10.1. The topological polar surface area (TPSA) is 28.2 Å². The summed E-state index contributed by atoms with van der Waals surface area (Å²) < 4.78 is 0. The lowest BCUT2D eigenvalue weighted by molar-refractivity contribution is 0.570. The number of aryl methyl sites for hydroxylation is 1. The molecular weight excluding hydrogens is 254 g/mol. The van der Waals surface area contributed by atoms with Gasteiger partial charge in [-0.3, -0.25) is 0 Å². The van der Waals surface area contributed by atoms with Gasteiger partial charge < -0.3 is 10.2 Å². The maximum atomic E-state index is 4.81. The van der Waals surface area contributed by atoms with E-state index in [1.807, 2.05) is 11.3 Å². The quantitative estimate of drug-likeness (QED) is 0.789. The van der Waals surface area contributed by atoms with E-state index in [9.17, 15) is 0 Å². The smallest absolute Gasteiger partial charge is 0.186 e. The largest absolute Gasteiger partial charge is 0.345 e. The molecule has 0 bridgehead atoms. The summed E-state index contributed by atoms with van der Waals surface area (Å²) in [5.41, 5.74) is 1.20. The Labute approximate surface area is 121 Å². The SMILES string of the molecule is CCNCc1sc(N(CCC(C)C)C2CC2)nc1C. The first kappa shape index (κ1) is 14.8. The normalized spacial score (nSPS) is 15.2. The Morgan fingerprint density at radius 3 is 2.74 bits per heavy atom. The van der Waals surface area contributed by atoms with Crippen LogP contribution in [-0.4, -0.2) is 24.1 Å². The molecule has 0 spiro atoms. The van der Waals surface area contributed by atoms with Crippen molar-refractivity contribution in [3.8, 4) is 0 Å². The number of nitrogens with one attached hydrogen (secondary N) is 1. The van der Waals surface area contributed by atoms with Crippen LogP contribution in [0, 0.1) is 12.8 Å². The molecule has 1 saturated carbocycles. The molecule has 1 aromatic heterocycles. The van der Waals surface area contributed by atoms with E-state index in [1.165, 1.54) is 35.0 Å². The van der Waals surface area contributed by atoms with Crippen LogP contribution in [0.2, 0.25) is 0 Å². The molecule has 1 aliphatic carbocycles. The third kappa shape index (κ3) is 4.18. The van der Waals surface area contributed by atoms with Gasteiger partial charge in [-0.2, -0.15) is 0 Å². The number of anilines is 1. The first-order valence-electron chi connectivity index (χ1n) is 7.55. The second kappa shape index (κ2) is 6.71. The summed E-state index contributed by atoms with van der Waals surface area (Å²) in [7, 11) is 0. The molecule has 0 saturated heterocycles. The minimum absolute atomic E-state index is 0.760. The molecule has 1 fully saturated rings. The first-order valence-corrected chi connectivity index (χ1v) is 8.37. The number of nitrogens with zero attached hydrogens (tertiary/aromatic N) is 2. The number of hydrogen-bond donors (Lipinski definition) is 1. The molecule has 108 valence electrons. The van der Waals surface area contributed by atoms with Crippen LogP contribution in [0.1, 0.15) is 50.6 Å². The predicted molar refractivity (Wildman–Crippen MR) is 84.1 cm³/mol. The summed E-state index contributed by atoms with van der Waals surface area (Å²) >= 11 is 1.88. The summed E-state index contributed by atoms with van der Waals surface area (Å²) in [6.45, 7) is 12.0. The van der Waals surface area contributed by atoms with Crippen LogP contribution in [0.3, 0.4) is 0 Å². The molecule has 0 aliphatic heterocycles. The van der Waals surface area contributed by atoms with Gasteiger partial charge in [0.15, 0.2) is 5.13 Å². The van der Waals surface area contributed by atoms with Crippen molar-refractivity contribution in [1.82, 2.24) is 10.3 Å². The molecule has 3 nitrogen and oxygen atoms in total. The highest BCUT2D eigenvalue weighted by Gasteiger charge is 2.31. The molecule has 0 amide bonds. The maximum absolute atomic E-state index is 4.81. The standard InChI is InChI=1S/C15H27N3S/c1-5-16-10-14-12(4)17-15(19-14)18(13-6-7-13)9-8-11(2)3/h11,13,16H,5-10H2,1-4H3. The highest BCUT2D eigenvalue weighted by molar-refractivity contribution is 7.15. The van der Waals surface area contributed by atoms with Gasteiger partial charge in [0.2, 0.25) is 0 Å². The summed E-state index contributed by atoms with van der Waals surface area (Å²) in [6.07, 6.45) is 3.95. The monoisotopic (exact) mass is 281 g/mol. The van der Waals surface area contributed by atoms with E-state index in [2.05, 4.69) is 37.9 Å². The van der Waals surface area contributed by atoms with Crippen molar-refractivity contribution in [2.75, 3.05) is 18.0 Å². The fraction of sp³-hybridized carbons (Fsp3) is 0.800. The van der Waals surface area contributed by atoms with E-state index in [0.29, 0.717) is 0 Å². The second-order valence-electron chi connectivity index (χ2n) is 5.89. The van der Waals surface area contributed by atoms with Crippen LogP contribution < -0.4 is 10.2 Å². The number of rotatable bonds is 8. The average Bonchev–Trinajstić information content (AvgIpc) is 3.12. The van der Waals surface area contributed by atoms with E-state index in [4.69, 9.17) is 4.98 Å². The zero-order valence-corrected chi connectivity index (χ0v) is 13.5. The molecule has 4 heteroatoms. The van der Waals surface area contributed by atoms with Crippen molar-refractivity contribution in [1.29, 1.82) is 0 Å². The summed E-state index contributed by atoms with van der Waals surface area (Å²) in [5, 5.41) is 4.65. The first-order chi connectivity index (χ1) is 9.11. The Balaban J connectivity index is 2.04.